The number of hydrogen-bond acceptors (Lipinski definition) is 6. The van der Waals surface area contributed by atoms with Gasteiger partial charge in [0.05, 0.1) is 24.8 Å². The van der Waals surface area contributed by atoms with Crippen molar-refractivity contribution in [2.45, 2.75) is 18.6 Å². The van der Waals surface area contributed by atoms with Crippen molar-refractivity contribution in [3.8, 4) is 22.9 Å². The molecule has 0 radical (unpaired) electrons. The Balaban J connectivity index is 1.62. The van der Waals surface area contributed by atoms with E-state index < -0.39 is 0 Å². The van der Waals surface area contributed by atoms with Gasteiger partial charge in [-0.1, -0.05) is 48.0 Å². The smallest absolute Gasteiger partial charge is 0.284 e. The predicted molar refractivity (Wildman–Crippen MR) is 142 cm³/mol. The molecule has 1 amide bonds. The standard InChI is InChI=1S/C27H23ClN4O3S/c1-4-32-25(17-12-19(34-2)15-20(13-17)35-3)30-31-27(32)36-24-23(16-8-6-5-7-9-16)21-14-18(28)10-11-22(21)29-26(24)33/h5-15,21H,4H2,1-3H3. The van der Waals surface area contributed by atoms with Crippen LogP contribution in [0.1, 0.15) is 12.5 Å². The van der Waals surface area contributed by atoms with Crippen LogP contribution in [0, 0.1) is 5.92 Å². The van der Waals surface area contributed by atoms with E-state index in [9.17, 15) is 4.79 Å². The number of carbonyl (C=O) groups is 1. The molecule has 7 nitrogen and oxygen atoms in total. The highest BCUT2D eigenvalue weighted by atomic mass is 35.5. The van der Waals surface area contributed by atoms with Crippen molar-refractivity contribution in [1.29, 1.82) is 0 Å². The number of aromatic nitrogens is 3. The highest BCUT2D eigenvalue weighted by Gasteiger charge is 2.33. The van der Waals surface area contributed by atoms with E-state index in [-0.39, 0.29) is 11.8 Å². The van der Waals surface area contributed by atoms with Gasteiger partial charge in [-0.15, -0.1) is 10.2 Å². The lowest BCUT2D eigenvalue weighted by atomic mass is 9.84. The van der Waals surface area contributed by atoms with Gasteiger partial charge in [0.25, 0.3) is 5.91 Å². The molecule has 1 aliphatic carbocycles. The topological polar surface area (TPSA) is 78.6 Å². The van der Waals surface area contributed by atoms with Gasteiger partial charge in [-0.3, -0.25) is 4.79 Å². The first kappa shape index (κ1) is 24.1. The molecule has 0 saturated carbocycles. The third-order valence-electron chi connectivity index (χ3n) is 5.96. The van der Waals surface area contributed by atoms with E-state index in [0.717, 1.165) is 16.7 Å². The molecule has 36 heavy (non-hydrogen) atoms. The molecule has 5 rings (SSSR count). The number of rotatable bonds is 7. The number of allylic oxidation sites excluding steroid dienone is 5. The molecule has 3 aromatic rings. The summed E-state index contributed by atoms with van der Waals surface area (Å²) in [6.45, 7) is 2.60. The van der Waals surface area contributed by atoms with Crippen LogP contribution in [0.15, 0.2) is 86.8 Å². The van der Waals surface area contributed by atoms with Crippen LogP contribution in [0.5, 0.6) is 11.5 Å². The molecule has 9 heteroatoms. The van der Waals surface area contributed by atoms with E-state index in [1.54, 1.807) is 32.4 Å². The Morgan fingerprint density at radius 2 is 1.72 bits per heavy atom. The summed E-state index contributed by atoms with van der Waals surface area (Å²) in [6.07, 6.45) is 5.49. The minimum Gasteiger partial charge on any atom is -0.497 e. The van der Waals surface area contributed by atoms with E-state index in [2.05, 4.69) is 15.2 Å². The van der Waals surface area contributed by atoms with Crippen LogP contribution in [0.2, 0.25) is 0 Å². The van der Waals surface area contributed by atoms with Crippen molar-refractivity contribution in [1.82, 2.24) is 14.8 Å². The molecule has 0 saturated heterocycles. The van der Waals surface area contributed by atoms with Gasteiger partial charge in [0.15, 0.2) is 11.0 Å². The number of thioether (sulfide) groups is 1. The molecule has 1 unspecified atom stereocenters. The Kier molecular flexibility index (Phi) is 6.80. The molecule has 0 bridgehead atoms. The normalized spacial score (nSPS) is 17.0. The van der Waals surface area contributed by atoms with E-state index in [1.165, 1.54) is 11.8 Å². The van der Waals surface area contributed by atoms with Crippen LogP contribution < -0.4 is 9.47 Å². The van der Waals surface area contributed by atoms with Gasteiger partial charge in [0, 0.05) is 29.1 Å². The predicted octanol–water partition coefficient (Wildman–Crippen LogP) is 5.78. The van der Waals surface area contributed by atoms with Crippen LogP contribution in [0.3, 0.4) is 0 Å². The lowest BCUT2D eigenvalue weighted by Crippen LogP contribution is -2.23. The van der Waals surface area contributed by atoms with Crippen molar-refractivity contribution in [3.05, 3.63) is 82.3 Å². The lowest BCUT2D eigenvalue weighted by Gasteiger charge is -2.26. The van der Waals surface area contributed by atoms with Crippen molar-refractivity contribution >= 4 is 40.6 Å². The maximum atomic E-state index is 13.3. The van der Waals surface area contributed by atoms with Gasteiger partial charge in [-0.2, -0.15) is 0 Å². The maximum absolute atomic E-state index is 13.3. The average Bonchev–Trinajstić information content (AvgIpc) is 3.32. The van der Waals surface area contributed by atoms with Crippen LogP contribution in [-0.4, -0.2) is 40.6 Å². The zero-order valence-corrected chi connectivity index (χ0v) is 21.5. The van der Waals surface area contributed by atoms with E-state index >= 15 is 0 Å². The number of methoxy groups -OCH3 is 2. The fourth-order valence-electron chi connectivity index (χ4n) is 4.25. The second-order valence-corrected chi connectivity index (χ2v) is 9.48. The van der Waals surface area contributed by atoms with Crippen LogP contribution >= 0.6 is 23.4 Å². The molecule has 2 heterocycles. The molecule has 0 N–H and O–H groups in total. The summed E-state index contributed by atoms with van der Waals surface area (Å²) in [5.41, 5.74) is 3.26. The molecule has 0 fully saturated rings. The lowest BCUT2D eigenvalue weighted by molar-refractivity contribution is -0.113. The zero-order chi connectivity index (χ0) is 25.2. The molecular weight excluding hydrogens is 496 g/mol. The Bertz CT molecular complexity index is 1430. The van der Waals surface area contributed by atoms with Crippen molar-refractivity contribution in [3.63, 3.8) is 0 Å². The summed E-state index contributed by atoms with van der Waals surface area (Å²) in [4.78, 5) is 18.2. The van der Waals surface area contributed by atoms with Gasteiger partial charge >= 0.3 is 0 Å². The number of carbonyl (C=O) groups excluding carboxylic acids is 1. The van der Waals surface area contributed by atoms with Crippen molar-refractivity contribution < 1.29 is 14.3 Å². The van der Waals surface area contributed by atoms with E-state index in [1.807, 2.05) is 60.0 Å². The molecule has 1 aromatic heterocycles. The first-order chi connectivity index (χ1) is 17.5. The average molecular weight is 519 g/mol. The van der Waals surface area contributed by atoms with Crippen LogP contribution in [-0.2, 0) is 11.3 Å². The Morgan fingerprint density at radius 1 is 1.00 bits per heavy atom. The Hall–Kier alpha value is -3.62. The Morgan fingerprint density at radius 3 is 2.39 bits per heavy atom. The van der Waals surface area contributed by atoms with Crippen molar-refractivity contribution in [2.75, 3.05) is 14.2 Å². The molecule has 2 aromatic carbocycles. The second kappa shape index (κ2) is 10.2. The Labute approximate surface area is 218 Å². The number of aliphatic imine (C=N–C) groups is 1. The summed E-state index contributed by atoms with van der Waals surface area (Å²) < 4.78 is 12.8. The first-order valence-corrected chi connectivity index (χ1v) is 12.5. The van der Waals surface area contributed by atoms with Gasteiger partial charge in [-0.05, 0) is 54.1 Å². The minimum absolute atomic E-state index is 0.231. The summed E-state index contributed by atoms with van der Waals surface area (Å²) in [7, 11) is 3.21. The monoisotopic (exact) mass is 518 g/mol. The summed E-state index contributed by atoms with van der Waals surface area (Å²) in [5.74, 6) is 1.41. The number of nitrogens with zero attached hydrogens (tertiary/aromatic N) is 4. The van der Waals surface area contributed by atoms with Gasteiger partial charge in [0.1, 0.15) is 11.5 Å². The molecule has 0 spiro atoms. The SMILES string of the molecule is CCn1c(SC2=C(c3ccccc3)C3C=C(Cl)C=CC3=NC2=O)nnc1-c1cc(OC)cc(OC)c1. The number of dihydropyridines is 1. The third-order valence-corrected chi connectivity index (χ3v) is 7.29. The summed E-state index contributed by atoms with van der Waals surface area (Å²) in [6, 6.07) is 15.4. The number of hydrogen-bond donors (Lipinski definition) is 0. The third kappa shape index (κ3) is 4.50. The van der Waals surface area contributed by atoms with Crippen molar-refractivity contribution in [2.24, 2.45) is 10.9 Å². The van der Waals surface area contributed by atoms with E-state index in [0.29, 0.717) is 44.7 Å². The number of benzene rings is 2. The highest BCUT2D eigenvalue weighted by Crippen LogP contribution is 2.43. The van der Waals surface area contributed by atoms with E-state index in [4.69, 9.17) is 21.1 Å². The fraction of sp³-hybridized carbons (Fsp3) is 0.185. The number of ether oxygens (including phenoxy) is 2. The molecular formula is C27H23ClN4O3S. The largest absolute Gasteiger partial charge is 0.497 e. The summed E-state index contributed by atoms with van der Waals surface area (Å²) in [5, 5.41) is 10.1. The second-order valence-electron chi connectivity index (χ2n) is 8.07. The highest BCUT2D eigenvalue weighted by molar-refractivity contribution is 8.04. The van der Waals surface area contributed by atoms with Crippen LogP contribution in [0.25, 0.3) is 17.0 Å². The molecule has 2 aliphatic rings. The number of amides is 1. The van der Waals surface area contributed by atoms with Gasteiger partial charge in [-0.25, -0.2) is 4.99 Å². The molecule has 1 atom stereocenters. The van der Waals surface area contributed by atoms with Crippen LogP contribution in [0.4, 0.5) is 0 Å². The molecule has 1 aliphatic heterocycles. The fourth-order valence-corrected chi connectivity index (χ4v) is 5.52. The van der Waals surface area contributed by atoms with Gasteiger partial charge < -0.3 is 14.0 Å². The van der Waals surface area contributed by atoms with Gasteiger partial charge in [0.2, 0.25) is 0 Å². The first-order valence-electron chi connectivity index (χ1n) is 11.3. The quantitative estimate of drug-likeness (QED) is 0.395. The summed E-state index contributed by atoms with van der Waals surface area (Å²) >= 11 is 7.63. The maximum Gasteiger partial charge on any atom is 0.284 e. The minimum atomic E-state index is -0.309. The molecule has 182 valence electrons. The number of fused-ring (bicyclic) bond motifs is 1. The zero-order valence-electron chi connectivity index (χ0n) is 19.9. The number of halogens is 1.